The number of aromatic nitrogens is 4. The van der Waals surface area contributed by atoms with Crippen LogP contribution in [0.2, 0.25) is 5.28 Å². The highest BCUT2D eigenvalue weighted by Crippen LogP contribution is 2.31. The summed E-state index contributed by atoms with van der Waals surface area (Å²) in [7, 11) is 0. The molecule has 0 aromatic carbocycles. The number of halogens is 1. The number of aromatic amines is 1. The van der Waals surface area contributed by atoms with Gasteiger partial charge in [0.25, 0.3) is 0 Å². The normalized spacial score (nSPS) is 24.7. The Morgan fingerprint density at radius 3 is 3.11 bits per heavy atom. The first kappa shape index (κ1) is 12.0. The molecule has 1 fully saturated rings. The topological polar surface area (TPSA) is 57.7 Å². The molecule has 1 N–H and O–H groups in total. The smallest absolute Gasteiger partial charge is 0.226 e. The lowest BCUT2D eigenvalue weighted by molar-refractivity contribution is 0.621. The van der Waals surface area contributed by atoms with E-state index in [0.717, 1.165) is 23.6 Å². The molecule has 0 spiro atoms. The van der Waals surface area contributed by atoms with Gasteiger partial charge in [-0.3, -0.25) is 0 Å². The summed E-state index contributed by atoms with van der Waals surface area (Å²) in [5.74, 6) is 1.96. The molecule has 5 nitrogen and oxygen atoms in total. The second kappa shape index (κ2) is 4.59. The van der Waals surface area contributed by atoms with E-state index in [2.05, 4.69) is 38.7 Å². The van der Waals surface area contributed by atoms with E-state index >= 15 is 0 Å². The minimum Gasteiger partial charge on any atom is -0.350 e. The Kier molecular flexibility index (Phi) is 3.07. The molecule has 7 heteroatoms. The van der Waals surface area contributed by atoms with E-state index in [1.807, 2.05) is 11.8 Å². The van der Waals surface area contributed by atoms with Crippen molar-refractivity contribution in [2.75, 3.05) is 17.2 Å². The predicted molar refractivity (Wildman–Crippen MR) is 75.4 cm³/mol. The lowest BCUT2D eigenvalue weighted by Crippen LogP contribution is -2.45. The zero-order valence-electron chi connectivity index (χ0n) is 10.2. The third-order valence-corrected chi connectivity index (χ3v) is 4.90. The molecule has 1 saturated heterocycles. The summed E-state index contributed by atoms with van der Waals surface area (Å²) < 4.78 is 0. The highest BCUT2D eigenvalue weighted by molar-refractivity contribution is 8.00. The number of anilines is 1. The van der Waals surface area contributed by atoms with Crippen LogP contribution in [0.1, 0.15) is 13.8 Å². The Morgan fingerprint density at radius 2 is 2.28 bits per heavy atom. The Hall–Kier alpha value is -1.01. The number of imidazole rings is 1. The number of hydrogen-bond acceptors (Lipinski definition) is 5. The molecule has 2 atom stereocenters. The first-order chi connectivity index (χ1) is 8.66. The first-order valence-electron chi connectivity index (χ1n) is 5.91. The van der Waals surface area contributed by atoms with Crippen LogP contribution in [0.25, 0.3) is 11.2 Å². The fraction of sp³-hybridized carbons (Fsp3) is 0.545. The minimum atomic E-state index is 0.252. The van der Waals surface area contributed by atoms with Crippen molar-refractivity contribution in [1.82, 2.24) is 19.9 Å². The summed E-state index contributed by atoms with van der Waals surface area (Å²) in [6, 6.07) is 0.418. The highest BCUT2D eigenvalue weighted by Gasteiger charge is 2.28. The van der Waals surface area contributed by atoms with Crippen LogP contribution in [-0.2, 0) is 0 Å². The van der Waals surface area contributed by atoms with E-state index in [-0.39, 0.29) is 5.28 Å². The van der Waals surface area contributed by atoms with Gasteiger partial charge < -0.3 is 9.88 Å². The largest absolute Gasteiger partial charge is 0.350 e. The van der Waals surface area contributed by atoms with Gasteiger partial charge in [-0.1, -0.05) is 6.92 Å². The van der Waals surface area contributed by atoms with Gasteiger partial charge in [-0.2, -0.15) is 21.7 Å². The van der Waals surface area contributed by atoms with Crippen molar-refractivity contribution in [2.45, 2.75) is 25.1 Å². The molecule has 2 aromatic heterocycles. The fourth-order valence-corrected chi connectivity index (χ4v) is 3.49. The average Bonchev–Trinajstić information content (AvgIpc) is 2.79. The lowest BCUT2D eigenvalue weighted by Gasteiger charge is -2.38. The van der Waals surface area contributed by atoms with Crippen LogP contribution < -0.4 is 4.90 Å². The molecule has 96 valence electrons. The second-order valence-corrected chi connectivity index (χ2v) is 6.25. The van der Waals surface area contributed by atoms with E-state index in [0.29, 0.717) is 16.9 Å². The maximum absolute atomic E-state index is 5.98. The number of fused-ring (bicyclic) bond motifs is 1. The van der Waals surface area contributed by atoms with Crippen LogP contribution in [0.15, 0.2) is 6.33 Å². The van der Waals surface area contributed by atoms with Crippen LogP contribution >= 0.6 is 23.4 Å². The molecule has 0 radical (unpaired) electrons. The molecular weight excluding hydrogens is 270 g/mol. The summed E-state index contributed by atoms with van der Waals surface area (Å²) in [5.41, 5.74) is 1.49. The first-order valence-corrected chi connectivity index (χ1v) is 7.34. The third kappa shape index (κ3) is 1.93. The summed E-state index contributed by atoms with van der Waals surface area (Å²) in [6.07, 6.45) is 1.63. The lowest BCUT2D eigenvalue weighted by atomic mass is 10.2. The van der Waals surface area contributed by atoms with Gasteiger partial charge in [0.2, 0.25) is 5.28 Å². The minimum absolute atomic E-state index is 0.252. The molecule has 2 aromatic rings. The van der Waals surface area contributed by atoms with Gasteiger partial charge >= 0.3 is 0 Å². The van der Waals surface area contributed by atoms with E-state index in [1.54, 1.807) is 6.33 Å². The van der Waals surface area contributed by atoms with Gasteiger partial charge in [0.1, 0.15) is 5.52 Å². The molecular formula is C11H14ClN5S. The molecule has 18 heavy (non-hydrogen) atoms. The Bertz CT molecular complexity index is 572. The molecule has 0 amide bonds. The predicted octanol–water partition coefficient (Wildman–Crippen LogP) is 2.34. The number of hydrogen-bond donors (Lipinski definition) is 1. The highest BCUT2D eigenvalue weighted by atomic mass is 35.5. The third-order valence-electron chi connectivity index (χ3n) is 3.40. The molecule has 0 bridgehead atoms. The molecule has 3 rings (SSSR count). The number of H-pyrrole nitrogens is 1. The molecule has 1 aliphatic rings. The van der Waals surface area contributed by atoms with Crippen molar-refractivity contribution in [3.8, 4) is 0 Å². The number of thioether (sulfide) groups is 1. The zero-order chi connectivity index (χ0) is 12.7. The van der Waals surface area contributed by atoms with E-state index in [9.17, 15) is 0 Å². The monoisotopic (exact) mass is 283 g/mol. The van der Waals surface area contributed by atoms with E-state index < -0.39 is 0 Å². The second-order valence-electron chi connectivity index (χ2n) is 4.43. The van der Waals surface area contributed by atoms with Gasteiger partial charge in [0.05, 0.1) is 6.33 Å². The van der Waals surface area contributed by atoms with Gasteiger partial charge in [-0.15, -0.1) is 0 Å². The van der Waals surface area contributed by atoms with Gasteiger partial charge in [0.15, 0.2) is 11.5 Å². The van der Waals surface area contributed by atoms with Crippen LogP contribution in [0.4, 0.5) is 5.82 Å². The fourth-order valence-electron chi connectivity index (χ4n) is 2.23. The van der Waals surface area contributed by atoms with Crippen LogP contribution in [0.3, 0.4) is 0 Å². The SMILES string of the molecule is CC1SCCN(c2nc(Cl)nc3nc[nH]c23)C1C. The van der Waals surface area contributed by atoms with Crippen LogP contribution in [-0.4, -0.2) is 43.5 Å². The average molecular weight is 284 g/mol. The van der Waals surface area contributed by atoms with Crippen molar-refractivity contribution in [2.24, 2.45) is 0 Å². The van der Waals surface area contributed by atoms with Gasteiger partial charge in [0, 0.05) is 23.6 Å². The maximum atomic E-state index is 5.98. The van der Waals surface area contributed by atoms with Crippen molar-refractivity contribution in [1.29, 1.82) is 0 Å². The summed E-state index contributed by atoms with van der Waals surface area (Å²) in [4.78, 5) is 18.0. The van der Waals surface area contributed by atoms with E-state index in [4.69, 9.17) is 11.6 Å². The van der Waals surface area contributed by atoms with E-state index in [1.165, 1.54) is 0 Å². The number of nitrogens with one attached hydrogen (secondary N) is 1. The quantitative estimate of drug-likeness (QED) is 0.814. The van der Waals surface area contributed by atoms with Crippen LogP contribution in [0, 0.1) is 0 Å². The van der Waals surface area contributed by atoms with Crippen molar-refractivity contribution in [3.63, 3.8) is 0 Å². The molecule has 0 saturated carbocycles. The Balaban J connectivity index is 2.10. The maximum Gasteiger partial charge on any atom is 0.226 e. The van der Waals surface area contributed by atoms with Crippen molar-refractivity contribution < 1.29 is 0 Å². The van der Waals surface area contributed by atoms with Crippen LogP contribution in [0.5, 0.6) is 0 Å². The molecule has 0 aliphatic carbocycles. The summed E-state index contributed by atoms with van der Waals surface area (Å²) >= 11 is 7.97. The molecule has 2 unspecified atom stereocenters. The molecule has 3 heterocycles. The van der Waals surface area contributed by atoms with Gasteiger partial charge in [-0.05, 0) is 18.5 Å². The van der Waals surface area contributed by atoms with Gasteiger partial charge in [-0.25, -0.2) is 4.98 Å². The summed E-state index contributed by atoms with van der Waals surface area (Å²) in [5, 5.41) is 0.827. The standard InChI is InChI=1S/C11H14ClN5S/c1-6-7(2)18-4-3-17(6)10-8-9(14-5-13-8)15-11(12)16-10/h5-7H,3-4H2,1-2H3,(H,13,14,15,16). The number of rotatable bonds is 1. The Morgan fingerprint density at radius 1 is 1.44 bits per heavy atom. The Labute approximate surface area is 114 Å². The van der Waals surface area contributed by atoms with Crippen molar-refractivity contribution >= 4 is 40.3 Å². The zero-order valence-corrected chi connectivity index (χ0v) is 11.8. The van der Waals surface area contributed by atoms with Crippen molar-refractivity contribution in [3.05, 3.63) is 11.6 Å². The number of nitrogens with zero attached hydrogens (tertiary/aromatic N) is 4. The summed E-state index contributed by atoms with van der Waals surface area (Å²) in [6.45, 7) is 5.43. The molecule has 1 aliphatic heterocycles.